The quantitative estimate of drug-likeness (QED) is 0.165. The lowest BCUT2D eigenvalue weighted by Crippen LogP contribution is -2.61. The molecule has 7 aromatic carbocycles. The van der Waals surface area contributed by atoms with Gasteiger partial charge in [0.25, 0.3) is 6.71 Å². The van der Waals surface area contributed by atoms with E-state index in [4.69, 9.17) is 0 Å². The topological polar surface area (TPSA) is 6.48 Å². The summed E-state index contributed by atoms with van der Waals surface area (Å²) in [6.45, 7) is 27.2. The third-order valence-electron chi connectivity index (χ3n) is 12.9. The van der Waals surface area contributed by atoms with Crippen molar-refractivity contribution in [1.29, 1.82) is 0 Å². The van der Waals surface area contributed by atoms with Gasteiger partial charge in [0.15, 0.2) is 0 Å². The summed E-state index contributed by atoms with van der Waals surface area (Å²) in [4.78, 5) is 5.08. The molecule has 0 unspecified atom stereocenters. The van der Waals surface area contributed by atoms with Crippen molar-refractivity contribution in [3.63, 3.8) is 0 Å². The zero-order valence-corrected chi connectivity index (χ0v) is 37.1. The van der Waals surface area contributed by atoms with Gasteiger partial charge in [0.1, 0.15) is 0 Å². The number of fused-ring (bicyclic) bond motifs is 4. The molecule has 0 saturated carbocycles. The largest absolute Gasteiger partial charge is 0.311 e. The van der Waals surface area contributed by atoms with E-state index in [9.17, 15) is 0 Å². The van der Waals surface area contributed by atoms with Crippen molar-refractivity contribution in [2.75, 3.05) is 9.80 Å². The molecule has 0 atom stereocenters. The molecule has 0 aliphatic carbocycles. The molecule has 2 heterocycles. The van der Waals surface area contributed by atoms with E-state index >= 15 is 0 Å². The number of aryl methyl sites for hydroxylation is 6. The van der Waals surface area contributed by atoms with Gasteiger partial charge in [0.2, 0.25) is 0 Å². The highest BCUT2D eigenvalue weighted by Gasteiger charge is 2.43. The van der Waals surface area contributed by atoms with Crippen molar-refractivity contribution in [2.24, 2.45) is 0 Å². The SMILES string of the molecule is Cc1cc(C)c(-c2ccc3c(c2)N(c2ccc(C(C)(C)C)cc2)c2cccc4c2B3c2ccc(-c3c(C)cc(C)cc3C)cc2N4c2ccc(C(C)(C)C)cc2)c(C)c1. The van der Waals surface area contributed by atoms with E-state index in [1.54, 1.807) is 0 Å². The van der Waals surface area contributed by atoms with Crippen LogP contribution in [0.4, 0.5) is 34.1 Å². The van der Waals surface area contributed by atoms with Gasteiger partial charge in [-0.2, -0.15) is 0 Å². The Kier molecular flexibility index (Phi) is 9.12. The van der Waals surface area contributed by atoms with E-state index in [1.165, 1.54) is 117 Å². The maximum absolute atomic E-state index is 2.54. The lowest BCUT2D eigenvalue weighted by molar-refractivity contribution is 0.590. The molecule has 294 valence electrons. The normalized spacial score (nSPS) is 13.3. The Hall–Kier alpha value is -5.80. The first-order chi connectivity index (χ1) is 28.0. The Balaban J connectivity index is 1.33. The van der Waals surface area contributed by atoms with Gasteiger partial charge < -0.3 is 9.80 Å². The smallest absolute Gasteiger partial charge is 0.252 e. The van der Waals surface area contributed by atoms with E-state index in [0.29, 0.717) is 0 Å². The number of hydrogen-bond acceptors (Lipinski definition) is 2. The molecule has 0 amide bonds. The van der Waals surface area contributed by atoms with Crippen molar-refractivity contribution >= 4 is 57.2 Å². The van der Waals surface area contributed by atoms with Crippen LogP contribution in [0.1, 0.15) is 86.1 Å². The molecule has 0 radical (unpaired) electrons. The maximum atomic E-state index is 2.54. The Labute approximate surface area is 353 Å². The molecule has 0 bridgehead atoms. The summed E-state index contributed by atoms with van der Waals surface area (Å²) in [6.07, 6.45) is 0. The monoisotopic (exact) mass is 768 g/mol. The van der Waals surface area contributed by atoms with Crippen LogP contribution in [0.25, 0.3) is 22.3 Å². The predicted octanol–water partition coefficient (Wildman–Crippen LogP) is 13.5. The second-order valence-corrected chi connectivity index (χ2v) is 19.5. The van der Waals surface area contributed by atoms with Crippen LogP contribution in [0.15, 0.2) is 127 Å². The second-order valence-electron chi connectivity index (χ2n) is 19.5. The maximum Gasteiger partial charge on any atom is 0.252 e. The molecule has 9 rings (SSSR count). The Morgan fingerprint density at radius 3 is 1.08 bits per heavy atom. The first-order valence-electron chi connectivity index (χ1n) is 21.4. The zero-order valence-electron chi connectivity index (χ0n) is 37.1. The lowest BCUT2D eigenvalue weighted by Gasteiger charge is -2.44. The van der Waals surface area contributed by atoms with Crippen LogP contribution in [0.3, 0.4) is 0 Å². The number of anilines is 6. The van der Waals surface area contributed by atoms with Crippen molar-refractivity contribution in [2.45, 2.75) is 93.9 Å². The first kappa shape index (κ1) is 38.7. The predicted molar refractivity (Wildman–Crippen MR) is 257 cm³/mol. The van der Waals surface area contributed by atoms with E-state index in [2.05, 4.69) is 220 Å². The fourth-order valence-electron chi connectivity index (χ4n) is 10.3. The van der Waals surface area contributed by atoms with Gasteiger partial charge in [-0.3, -0.25) is 0 Å². The molecule has 0 fully saturated rings. The molecule has 0 saturated heterocycles. The van der Waals surface area contributed by atoms with Gasteiger partial charge >= 0.3 is 0 Å². The highest BCUT2D eigenvalue weighted by molar-refractivity contribution is 7.00. The second kappa shape index (κ2) is 13.9. The zero-order chi connectivity index (χ0) is 41.7. The van der Waals surface area contributed by atoms with Gasteiger partial charge in [-0.1, -0.05) is 132 Å². The summed E-state index contributed by atoms with van der Waals surface area (Å²) in [7, 11) is 0. The summed E-state index contributed by atoms with van der Waals surface area (Å²) in [5, 5.41) is 0. The van der Waals surface area contributed by atoms with E-state index < -0.39 is 0 Å². The minimum absolute atomic E-state index is 0.0462. The third kappa shape index (κ3) is 6.51. The molecule has 2 aliphatic heterocycles. The van der Waals surface area contributed by atoms with E-state index in [0.717, 1.165) is 0 Å². The van der Waals surface area contributed by atoms with Crippen LogP contribution < -0.4 is 26.2 Å². The van der Waals surface area contributed by atoms with E-state index in [1.807, 2.05) is 0 Å². The van der Waals surface area contributed by atoms with Crippen LogP contribution in [-0.4, -0.2) is 6.71 Å². The van der Waals surface area contributed by atoms with Gasteiger partial charge in [0, 0.05) is 34.1 Å². The molecular formula is C56H57BN2. The highest BCUT2D eigenvalue weighted by Crippen LogP contribution is 2.46. The summed E-state index contributed by atoms with van der Waals surface area (Å²) in [5.41, 5.74) is 27.1. The van der Waals surface area contributed by atoms with Crippen molar-refractivity contribution in [3.8, 4) is 22.3 Å². The van der Waals surface area contributed by atoms with Crippen LogP contribution in [-0.2, 0) is 10.8 Å². The molecule has 0 N–H and O–H groups in total. The van der Waals surface area contributed by atoms with Gasteiger partial charge in [-0.05, 0) is 173 Å². The molecule has 3 heteroatoms. The number of benzene rings is 7. The molecule has 0 aromatic heterocycles. The lowest BCUT2D eigenvalue weighted by atomic mass is 9.33. The summed E-state index contributed by atoms with van der Waals surface area (Å²) < 4.78 is 0. The number of hydrogen-bond donors (Lipinski definition) is 0. The molecule has 0 spiro atoms. The Morgan fingerprint density at radius 2 is 0.746 bits per heavy atom. The Bertz CT molecular complexity index is 2560. The fourth-order valence-corrected chi connectivity index (χ4v) is 10.3. The van der Waals surface area contributed by atoms with Crippen LogP contribution in [0.5, 0.6) is 0 Å². The van der Waals surface area contributed by atoms with Gasteiger partial charge in [0.05, 0.1) is 0 Å². The minimum Gasteiger partial charge on any atom is -0.311 e. The van der Waals surface area contributed by atoms with Crippen molar-refractivity contribution < 1.29 is 0 Å². The molecule has 2 nitrogen and oxygen atoms in total. The molecule has 7 aromatic rings. The van der Waals surface area contributed by atoms with Crippen LogP contribution >= 0.6 is 0 Å². The summed E-state index contributed by atoms with van der Waals surface area (Å²) >= 11 is 0. The third-order valence-corrected chi connectivity index (χ3v) is 12.9. The van der Waals surface area contributed by atoms with Crippen molar-refractivity contribution in [1.82, 2.24) is 0 Å². The average Bonchev–Trinajstić information content (AvgIpc) is 3.16. The Morgan fingerprint density at radius 1 is 0.390 bits per heavy atom. The standard InChI is InChI=1S/C56H57BN2/c1-34-28-36(3)52(37(4)29-34)40-16-26-46-50(32-40)58(44-22-18-42(19-23-44)55(7,8)9)48-14-13-15-49-54(48)57(46)47-27-17-41(53-38(5)30-35(2)31-39(53)6)33-51(47)59(49)45-24-20-43(21-25-45)56(10,11)12/h13-33H,1-12H3. The van der Waals surface area contributed by atoms with Crippen LogP contribution in [0.2, 0.25) is 0 Å². The van der Waals surface area contributed by atoms with Gasteiger partial charge in [-0.15, -0.1) is 0 Å². The molecular weight excluding hydrogens is 711 g/mol. The molecule has 2 aliphatic rings. The summed E-state index contributed by atoms with van der Waals surface area (Å²) in [6, 6.07) is 49.4. The van der Waals surface area contributed by atoms with E-state index in [-0.39, 0.29) is 17.5 Å². The molecule has 59 heavy (non-hydrogen) atoms. The summed E-state index contributed by atoms with van der Waals surface area (Å²) in [5.74, 6) is 0. The van der Waals surface area contributed by atoms with Crippen LogP contribution in [0, 0.1) is 41.5 Å². The van der Waals surface area contributed by atoms with Gasteiger partial charge in [-0.25, -0.2) is 0 Å². The minimum atomic E-state index is 0.0462. The highest BCUT2D eigenvalue weighted by atomic mass is 15.2. The first-order valence-corrected chi connectivity index (χ1v) is 21.4. The number of nitrogens with zero attached hydrogens (tertiary/aromatic N) is 2. The number of rotatable bonds is 4. The van der Waals surface area contributed by atoms with Crippen molar-refractivity contribution in [3.05, 3.63) is 172 Å². The fraction of sp³-hybridized carbons (Fsp3) is 0.250. The average molecular weight is 769 g/mol.